The van der Waals surface area contributed by atoms with Crippen molar-refractivity contribution in [2.75, 3.05) is 0 Å². The Morgan fingerprint density at radius 3 is 2.47 bits per heavy atom. The second-order valence-electron chi connectivity index (χ2n) is 5.64. The quantitative estimate of drug-likeness (QED) is 0.897. The van der Waals surface area contributed by atoms with Crippen LogP contribution in [0.15, 0.2) is 16.3 Å². The lowest BCUT2D eigenvalue weighted by molar-refractivity contribution is 0.257. The van der Waals surface area contributed by atoms with Gasteiger partial charge in [-0.05, 0) is 37.2 Å². The fraction of sp³-hybridized carbons (Fsp3) is 0.692. The van der Waals surface area contributed by atoms with Gasteiger partial charge in [0.05, 0.1) is 11.5 Å². The van der Waals surface area contributed by atoms with Crippen molar-refractivity contribution in [3.63, 3.8) is 0 Å². The SMILES string of the molecule is CC1CC(C)CC(NS(=O)(=O)c2csc(CO)c2)C1. The minimum absolute atomic E-state index is 0.0289. The Morgan fingerprint density at radius 2 is 1.95 bits per heavy atom. The van der Waals surface area contributed by atoms with Gasteiger partial charge in [0.25, 0.3) is 0 Å². The molecule has 0 saturated heterocycles. The highest BCUT2D eigenvalue weighted by Gasteiger charge is 2.28. The predicted molar refractivity (Wildman–Crippen MR) is 76.5 cm³/mol. The molecule has 1 aliphatic rings. The van der Waals surface area contributed by atoms with Gasteiger partial charge < -0.3 is 5.11 Å². The van der Waals surface area contributed by atoms with Crippen LogP contribution in [0.2, 0.25) is 0 Å². The molecule has 1 aromatic heterocycles. The van der Waals surface area contributed by atoms with E-state index >= 15 is 0 Å². The number of hydrogen-bond acceptors (Lipinski definition) is 4. The molecule has 2 atom stereocenters. The molecule has 108 valence electrons. The zero-order valence-corrected chi connectivity index (χ0v) is 12.9. The van der Waals surface area contributed by atoms with Crippen molar-refractivity contribution in [3.8, 4) is 0 Å². The van der Waals surface area contributed by atoms with Gasteiger partial charge in [-0.25, -0.2) is 13.1 Å². The molecule has 4 nitrogen and oxygen atoms in total. The maximum atomic E-state index is 12.3. The predicted octanol–water partition coefficient (Wildman–Crippen LogP) is 2.34. The summed E-state index contributed by atoms with van der Waals surface area (Å²) in [5.74, 6) is 1.12. The van der Waals surface area contributed by atoms with E-state index in [4.69, 9.17) is 5.11 Å². The molecular formula is C13H21NO3S2. The molecule has 19 heavy (non-hydrogen) atoms. The van der Waals surface area contributed by atoms with Gasteiger partial charge in [-0.15, -0.1) is 11.3 Å². The summed E-state index contributed by atoms with van der Waals surface area (Å²) in [6, 6.07) is 1.57. The van der Waals surface area contributed by atoms with E-state index in [0.29, 0.717) is 16.7 Å². The van der Waals surface area contributed by atoms with Gasteiger partial charge >= 0.3 is 0 Å². The van der Waals surface area contributed by atoms with Crippen LogP contribution in [0.5, 0.6) is 0 Å². The maximum Gasteiger partial charge on any atom is 0.241 e. The summed E-state index contributed by atoms with van der Waals surface area (Å²) in [7, 11) is -3.45. The highest BCUT2D eigenvalue weighted by molar-refractivity contribution is 7.89. The van der Waals surface area contributed by atoms with Crippen molar-refractivity contribution < 1.29 is 13.5 Å². The molecule has 0 amide bonds. The van der Waals surface area contributed by atoms with Gasteiger partial charge in [-0.2, -0.15) is 0 Å². The Hall–Kier alpha value is -0.430. The van der Waals surface area contributed by atoms with Crippen LogP contribution in [0, 0.1) is 11.8 Å². The van der Waals surface area contributed by atoms with Crippen LogP contribution in [0.4, 0.5) is 0 Å². The first-order chi connectivity index (χ1) is 8.90. The standard InChI is InChI=1S/C13H21NO3S2/c1-9-3-10(2)5-11(4-9)14-19(16,17)13-6-12(7-15)18-8-13/h6,8-11,14-15H,3-5,7H2,1-2H3. The van der Waals surface area contributed by atoms with Crippen LogP contribution < -0.4 is 4.72 Å². The lowest BCUT2D eigenvalue weighted by atomic mass is 9.81. The Labute approximate surface area is 118 Å². The van der Waals surface area contributed by atoms with E-state index in [1.54, 1.807) is 11.4 Å². The Balaban J connectivity index is 2.08. The summed E-state index contributed by atoms with van der Waals surface area (Å²) in [6.07, 6.45) is 2.98. The Morgan fingerprint density at radius 1 is 1.32 bits per heavy atom. The van der Waals surface area contributed by atoms with E-state index < -0.39 is 10.0 Å². The zero-order valence-electron chi connectivity index (χ0n) is 11.3. The second kappa shape index (κ2) is 5.91. The van der Waals surface area contributed by atoms with Gasteiger partial charge in [0, 0.05) is 16.3 Å². The van der Waals surface area contributed by atoms with Gasteiger partial charge in [-0.3, -0.25) is 0 Å². The minimum Gasteiger partial charge on any atom is -0.391 e. The number of rotatable bonds is 4. The molecule has 0 radical (unpaired) electrons. The van der Waals surface area contributed by atoms with Crippen LogP contribution in [-0.4, -0.2) is 19.6 Å². The van der Waals surface area contributed by atoms with Crippen LogP contribution in [0.3, 0.4) is 0 Å². The molecule has 1 saturated carbocycles. The van der Waals surface area contributed by atoms with Crippen molar-refractivity contribution in [2.45, 2.75) is 50.7 Å². The average molecular weight is 303 g/mol. The van der Waals surface area contributed by atoms with Crippen molar-refractivity contribution in [1.29, 1.82) is 0 Å². The van der Waals surface area contributed by atoms with Gasteiger partial charge in [0.2, 0.25) is 10.0 Å². The van der Waals surface area contributed by atoms with E-state index in [-0.39, 0.29) is 17.5 Å². The number of aliphatic hydroxyl groups is 1. The molecule has 0 aromatic carbocycles. The Bertz CT molecular complexity index is 514. The first-order valence-electron chi connectivity index (χ1n) is 6.61. The van der Waals surface area contributed by atoms with Crippen LogP contribution >= 0.6 is 11.3 Å². The van der Waals surface area contributed by atoms with Crippen molar-refractivity contribution in [3.05, 3.63) is 16.3 Å². The topological polar surface area (TPSA) is 66.4 Å². The molecule has 0 bridgehead atoms. The van der Waals surface area contributed by atoms with Crippen LogP contribution in [0.25, 0.3) is 0 Å². The summed E-state index contributed by atoms with van der Waals surface area (Å²) >= 11 is 1.27. The fourth-order valence-electron chi connectivity index (χ4n) is 2.91. The van der Waals surface area contributed by atoms with E-state index in [0.717, 1.165) is 12.8 Å². The molecule has 2 N–H and O–H groups in total. The fourth-order valence-corrected chi connectivity index (χ4v) is 5.31. The summed E-state index contributed by atoms with van der Waals surface area (Å²) < 4.78 is 27.3. The number of nitrogens with one attached hydrogen (secondary N) is 1. The van der Waals surface area contributed by atoms with E-state index in [9.17, 15) is 8.42 Å². The molecule has 2 rings (SSSR count). The highest BCUT2D eigenvalue weighted by atomic mass is 32.2. The number of sulfonamides is 1. The molecule has 0 aliphatic heterocycles. The molecule has 1 fully saturated rings. The van der Waals surface area contributed by atoms with Crippen molar-refractivity contribution >= 4 is 21.4 Å². The molecular weight excluding hydrogens is 282 g/mol. The monoisotopic (exact) mass is 303 g/mol. The molecule has 1 aromatic rings. The third kappa shape index (κ3) is 3.78. The molecule has 1 aliphatic carbocycles. The Kier molecular flexibility index (Phi) is 4.66. The molecule has 6 heteroatoms. The first-order valence-corrected chi connectivity index (χ1v) is 8.97. The third-order valence-electron chi connectivity index (χ3n) is 3.60. The summed E-state index contributed by atoms with van der Waals surface area (Å²) in [5, 5.41) is 10.6. The lowest BCUT2D eigenvalue weighted by Gasteiger charge is -2.31. The maximum absolute atomic E-state index is 12.3. The van der Waals surface area contributed by atoms with Gasteiger partial charge in [0.1, 0.15) is 0 Å². The number of aliphatic hydroxyl groups excluding tert-OH is 1. The molecule has 1 heterocycles. The minimum atomic E-state index is -3.45. The van der Waals surface area contributed by atoms with E-state index in [2.05, 4.69) is 18.6 Å². The van der Waals surface area contributed by atoms with Crippen LogP contribution in [0.1, 0.15) is 38.0 Å². The molecule has 2 unspecified atom stereocenters. The van der Waals surface area contributed by atoms with Crippen LogP contribution in [-0.2, 0) is 16.6 Å². The van der Waals surface area contributed by atoms with E-state index in [1.165, 1.54) is 17.8 Å². The number of hydrogen-bond donors (Lipinski definition) is 2. The zero-order chi connectivity index (χ0) is 14.0. The summed E-state index contributed by atoms with van der Waals surface area (Å²) in [5.41, 5.74) is 0. The van der Waals surface area contributed by atoms with Gasteiger partial charge in [0.15, 0.2) is 0 Å². The van der Waals surface area contributed by atoms with Crippen molar-refractivity contribution in [2.24, 2.45) is 11.8 Å². The third-order valence-corrected chi connectivity index (χ3v) is 6.17. The van der Waals surface area contributed by atoms with Crippen molar-refractivity contribution in [1.82, 2.24) is 4.72 Å². The van der Waals surface area contributed by atoms with Gasteiger partial charge in [-0.1, -0.05) is 13.8 Å². The smallest absolute Gasteiger partial charge is 0.241 e. The largest absolute Gasteiger partial charge is 0.391 e. The normalized spacial score (nSPS) is 28.5. The molecule has 0 spiro atoms. The second-order valence-corrected chi connectivity index (χ2v) is 8.35. The number of thiophene rings is 1. The van der Waals surface area contributed by atoms with E-state index in [1.807, 2.05) is 0 Å². The lowest BCUT2D eigenvalue weighted by Crippen LogP contribution is -2.39. The first kappa shape index (κ1) is 15.0. The summed E-state index contributed by atoms with van der Waals surface area (Å²) in [4.78, 5) is 0.943. The summed E-state index contributed by atoms with van der Waals surface area (Å²) in [6.45, 7) is 4.23. The highest BCUT2D eigenvalue weighted by Crippen LogP contribution is 2.29. The average Bonchev–Trinajstić information content (AvgIpc) is 2.75.